The van der Waals surface area contributed by atoms with Crippen LogP contribution in [-0.2, 0) is 10.5 Å². The Hall–Kier alpha value is -2.48. The quantitative estimate of drug-likeness (QED) is 0.653. The Morgan fingerprint density at radius 3 is 2.91 bits per heavy atom. The molecule has 1 N–H and O–H groups in total. The number of rotatable bonds is 6. The number of hydrogen-bond acceptors (Lipinski definition) is 5. The molecule has 1 heterocycles. The fourth-order valence-corrected chi connectivity index (χ4v) is 2.42. The van der Waals surface area contributed by atoms with Crippen molar-refractivity contribution in [2.45, 2.75) is 5.75 Å². The summed E-state index contributed by atoms with van der Waals surface area (Å²) in [7, 11) is 0. The summed E-state index contributed by atoms with van der Waals surface area (Å²) < 4.78 is 13.5. The SMILES string of the molecule is O=C(CSCc1cccnc1)Nc1cc([N+](=O)[O-])ccc1F. The highest BCUT2D eigenvalue weighted by Crippen LogP contribution is 2.21. The summed E-state index contributed by atoms with van der Waals surface area (Å²) in [4.78, 5) is 25.7. The van der Waals surface area contributed by atoms with Gasteiger partial charge in [-0.15, -0.1) is 11.8 Å². The molecule has 6 nitrogen and oxygen atoms in total. The third-order valence-electron chi connectivity index (χ3n) is 2.66. The van der Waals surface area contributed by atoms with Crippen LogP contribution in [0, 0.1) is 15.9 Å². The smallest absolute Gasteiger partial charge is 0.271 e. The number of carbonyl (C=O) groups is 1. The Morgan fingerprint density at radius 1 is 1.41 bits per heavy atom. The van der Waals surface area contributed by atoms with E-state index in [2.05, 4.69) is 10.3 Å². The monoisotopic (exact) mass is 321 g/mol. The number of nitrogens with one attached hydrogen (secondary N) is 1. The first-order valence-electron chi connectivity index (χ1n) is 6.26. The predicted octanol–water partition coefficient (Wildman–Crippen LogP) is 3.00. The molecule has 0 aliphatic heterocycles. The highest BCUT2D eigenvalue weighted by molar-refractivity contribution is 7.99. The number of hydrogen-bond donors (Lipinski definition) is 1. The van der Waals surface area contributed by atoms with Crippen molar-refractivity contribution in [1.29, 1.82) is 0 Å². The van der Waals surface area contributed by atoms with E-state index in [0.717, 1.165) is 23.8 Å². The van der Waals surface area contributed by atoms with E-state index in [1.165, 1.54) is 11.8 Å². The highest BCUT2D eigenvalue weighted by atomic mass is 32.2. The van der Waals surface area contributed by atoms with E-state index >= 15 is 0 Å². The van der Waals surface area contributed by atoms with E-state index in [-0.39, 0.29) is 17.1 Å². The largest absolute Gasteiger partial charge is 0.323 e. The van der Waals surface area contributed by atoms with Crippen LogP contribution in [0.4, 0.5) is 15.8 Å². The van der Waals surface area contributed by atoms with Crippen molar-refractivity contribution in [2.24, 2.45) is 0 Å². The minimum atomic E-state index is -0.712. The number of nitro benzene ring substituents is 1. The normalized spacial score (nSPS) is 10.2. The average Bonchev–Trinajstić information content (AvgIpc) is 2.50. The molecule has 0 unspecified atom stereocenters. The number of pyridine rings is 1. The maximum Gasteiger partial charge on any atom is 0.271 e. The van der Waals surface area contributed by atoms with Crippen LogP contribution in [0.5, 0.6) is 0 Å². The van der Waals surface area contributed by atoms with Crippen molar-refractivity contribution in [2.75, 3.05) is 11.1 Å². The van der Waals surface area contributed by atoms with Gasteiger partial charge in [-0.2, -0.15) is 0 Å². The molecule has 0 atom stereocenters. The van der Waals surface area contributed by atoms with Gasteiger partial charge in [0.05, 0.1) is 16.4 Å². The lowest BCUT2D eigenvalue weighted by atomic mass is 10.2. The van der Waals surface area contributed by atoms with Gasteiger partial charge < -0.3 is 5.32 Å². The van der Waals surface area contributed by atoms with Gasteiger partial charge in [-0.3, -0.25) is 19.9 Å². The summed E-state index contributed by atoms with van der Waals surface area (Å²) in [5, 5.41) is 13.0. The van der Waals surface area contributed by atoms with Crippen molar-refractivity contribution in [1.82, 2.24) is 4.98 Å². The van der Waals surface area contributed by atoms with Gasteiger partial charge in [0.1, 0.15) is 5.82 Å². The molecule has 0 spiro atoms. The first-order valence-corrected chi connectivity index (χ1v) is 7.42. The van der Waals surface area contributed by atoms with Crippen LogP contribution in [0.15, 0.2) is 42.7 Å². The summed E-state index contributed by atoms with van der Waals surface area (Å²) in [5.41, 5.74) is 0.503. The Bertz CT molecular complexity index is 682. The molecule has 8 heteroatoms. The second-order valence-electron chi connectivity index (χ2n) is 4.32. The van der Waals surface area contributed by atoms with Crippen molar-refractivity contribution in [3.05, 3.63) is 64.2 Å². The predicted molar refractivity (Wildman–Crippen MR) is 82.1 cm³/mol. The van der Waals surface area contributed by atoms with Crippen LogP contribution in [0.2, 0.25) is 0 Å². The summed E-state index contributed by atoms with van der Waals surface area (Å²) in [6.45, 7) is 0. The van der Waals surface area contributed by atoms with E-state index in [4.69, 9.17) is 0 Å². The molecule has 22 heavy (non-hydrogen) atoms. The first-order chi connectivity index (χ1) is 10.6. The second-order valence-corrected chi connectivity index (χ2v) is 5.31. The molecule has 0 saturated heterocycles. The van der Waals surface area contributed by atoms with E-state index in [9.17, 15) is 19.3 Å². The molecule has 1 amide bonds. The van der Waals surface area contributed by atoms with E-state index in [0.29, 0.717) is 5.75 Å². The number of amides is 1. The van der Waals surface area contributed by atoms with Crippen LogP contribution < -0.4 is 5.32 Å². The van der Waals surface area contributed by atoms with E-state index in [1.807, 2.05) is 6.07 Å². The van der Waals surface area contributed by atoms with Gasteiger partial charge in [0.2, 0.25) is 5.91 Å². The average molecular weight is 321 g/mol. The number of halogens is 1. The number of anilines is 1. The number of thioether (sulfide) groups is 1. The Morgan fingerprint density at radius 2 is 2.23 bits per heavy atom. The number of carbonyl (C=O) groups excluding carboxylic acids is 1. The van der Waals surface area contributed by atoms with Gasteiger partial charge in [-0.25, -0.2) is 4.39 Å². The molecule has 0 aliphatic carbocycles. The number of nitro groups is 1. The van der Waals surface area contributed by atoms with Crippen LogP contribution >= 0.6 is 11.8 Å². The molecule has 0 aliphatic rings. The summed E-state index contributed by atoms with van der Waals surface area (Å²) in [5.74, 6) is -0.431. The summed E-state index contributed by atoms with van der Waals surface area (Å²) >= 11 is 1.34. The fourth-order valence-electron chi connectivity index (χ4n) is 1.65. The van der Waals surface area contributed by atoms with Crippen LogP contribution in [0.25, 0.3) is 0 Å². The molecule has 2 rings (SSSR count). The molecular formula is C14H12FN3O3S. The van der Waals surface area contributed by atoms with Crippen molar-refractivity contribution in [3.63, 3.8) is 0 Å². The molecule has 2 aromatic rings. The zero-order chi connectivity index (χ0) is 15.9. The number of aromatic nitrogens is 1. The minimum absolute atomic E-state index is 0.108. The van der Waals surface area contributed by atoms with Crippen molar-refractivity contribution < 1.29 is 14.1 Å². The topological polar surface area (TPSA) is 85.1 Å². The van der Waals surface area contributed by atoms with Gasteiger partial charge in [-0.1, -0.05) is 6.07 Å². The summed E-state index contributed by atoms with van der Waals surface area (Å²) in [6, 6.07) is 6.68. The van der Waals surface area contributed by atoms with Gasteiger partial charge in [0.15, 0.2) is 0 Å². The zero-order valence-corrected chi connectivity index (χ0v) is 12.2. The highest BCUT2D eigenvalue weighted by Gasteiger charge is 2.13. The molecular weight excluding hydrogens is 309 g/mol. The fraction of sp³-hybridized carbons (Fsp3) is 0.143. The molecule has 1 aromatic carbocycles. The number of nitrogens with zero attached hydrogens (tertiary/aromatic N) is 2. The summed E-state index contributed by atoms with van der Waals surface area (Å²) in [6.07, 6.45) is 3.36. The molecule has 1 aromatic heterocycles. The lowest BCUT2D eigenvalue weighted by molar-refractivity contribution is -0.384. The van der Waals surface area contributed by atoms with Crippen molar-refractivity contribution in [3.8, 4) is 0 Å². The molecule has 0 fully saturated rings. The van der Waals surface area contributed by atoms with Gasteiger partial charge in [0.25, 0.3) is 5.69 Å². The Balaban J connectivity index is 1.89. The Labute approximate surface area is 129 Å². The van der Waals surface area contributed by atoms with E-state index < -0.39 is 16.6 Å². The molecule has 114 valence electrons. The second kappa shape index (κ2) is 7.51. The van der Waals surface area contributed by atoms with Crippen molar-refractivity contribution >= 4 is 29.0 Å². The van der Waals surface area contributed by atoms with Crippen LogP contribution in [0.1, 0.15) is 5.56 Å². The zero-order valence-electron chi connectivity index (χ0n) is 11.4. The third kappa shape index (κ3) is 4.52. The standard InChI is InChI=1S/C14H12FN3O3S/c15-12-4-3-11(18(20)21)6-13(12)17-14(19)9-22-8-10-2-1-5-16-7-10/h1-7H,8-9H2,(H,17,19). The molecule has 0 saturated carbocycles. The molecule has 0 bridgehead atoms. The number of non-ortho nitro benzene ring substituents is 1. The Kier molecular flexibility index (Phi) is 5.42. The molecule has 0 radical (unpaired) electrons. The lowest BCUT2D eigenvalue weighted by Crippen LogP contribution is -2.15. The first kappa shape index (κ1) is 15.9. The third-order valence-corrected chi connectivity index (χ3v) is 3.66. The van der Waals surface area contributed by atoms with Crippen LogP contribution in [0.3, 0.4) is 0 Å². The minimum Gasteiger partial charge on any atom is -0.323 e. The van der Waals surface area contributed by atoms with Gasteiger partial charge >= 0.3 is 0 Å². The van der Waals surface area contributed by atoms with Crippen LogP contribution in [-0.4, -0.2) is 21.6 Å². The maximum atomic E-state index is 13.5. The maximum absolute atomic E-state index is 13.5. The van der Waals surface area contributed by atoms with E-state index in [1.54, 1.807) is 18.5 Å². The lowest BCUT2D eigenvalue weighted by Gasteiger charge is -2.06. The number of benzene rings is 1. The van der Waals surface area contributed by atoms with Gasteiger partial charge in [-0.05, 0) is 17.7 Å². The van der Waals surface area contributed by atoms with Gasteiger partial charge in [0, 0.05) is 30.3 Å².